The summed E-state index contributed by atoms with van der Waals surface area (Å²) in [6.45, 7) is 2.78. The van der Waals surface area contributed by atoms with Crippen LogP contribution in [-0.2, 0) is 10.0 Å². The Kier molecular flexibility index (Phi) is 7.48. The molecule has 0 radical (unpaired) electrons. The number of ether oxygens (including phenoxy) is 3. The molecule has 0 aliphatic heterocycles. The largest absolute Gasteiger partial charge is 0.494 e. The van der Waals surface area contributed by atoms with E-state index >= 15 is 0 Å². The van der Waals surface area contributed by atoms with Gasteiger partial charge in [-0.1, -0.05) is 13.3 Å². The quantitative estimate of drug-likeness (QED) is 0.381. The van der Waals surface area contributed by atoms with Crippen molar-refractivity contribution in [2.24, 2.45) is 5.10 Å². The number of rotatable bonds is 10. The molecule has 0 fully saturated rings. The second-order valence-electron chi connectivity index (χ2n) is 5.64. The molecule has 7 nitrogen and oxygen atoms in total. The summed E-state index contributed by atoms with van der Waals surface area (Å²) in [6, 6.07) is 11.6. The van der Waals surface area contributed by atoms with Crippen molar-refractivity contribution in [3.63, 3.8) is 0 Å². The molecular weight excluding hydrogens is 368 g/mol. The standard InChI is InChI=1S/C19H24N2O5S/c1-4-5-12-26-16-8-6-15(7-9-16)14-20-21-27(22,23)17-10-11-18(24-2)19(13-17)25-3/h6-11,13-14,21H,4-5,12H2,1-3H3/b20-14+. The lowest BCUT2D eigenvalue weighted by molar-refractivity contribution is 0.309. The Labute approximate surface area is 160 Å². The van der Waals surface area contributed by atoms with Gasteiger partial charge in [0.15, 0.2) is 11.5 Å². The Balaban J connectivity index is 2.02. The lowest BCUT2D eigenvalue weighted by atomic mass is 10.2. The summed E-state index contributed by atoms with van der Waals surface area (Å²) in [6.07, 6.45) is 3.50. The Bertz CT molecular complexity index is 864. The molecule has 0 aliphatic rings. The Morgan fingerprint density at radius 3 is 2.37 bits per heavy atom. The maximum absolute atomic E-state index is 12.3. The smallest absolute Gasteiger partial charge is 0.276 e. The third-order valence-corrected chi connectivity index (χ3v) is 4.92. The van der Waals surface area contributed by atoms with E-state index in [9.17, 15) is 8.42 Å². The molecule has 0 saturated carbocycles. The van der Waals surface area contributed by atoms with Crippen molar-refractivity contribution in [2.75, 3.05) is 20.8 Å². The molecular formula is C19H24N2O5S. The average molecular weight is 392 g/mol. The van der Waals surface area contributed by atoms with E-state index in [2.05, 4.69) is 16.9 Å². The highest BCUT2D eigenvalue weighted by Crippen LogP contribution is 2.29. The van der Waals surface area contributed by atoms with Gasteiger partial charge in [-0.25, -0.2) is 4.83 Å². The molecule has 0 aliphatic carbocycles. The van der Waals surface area contributed by atoms with Crippen LogP contribution < -0.4 is 19.0 Å². The first-order valence-corrected chi connectivity index (χ1v) is 9.98. The van der Waals surface area contributed by atoms with Crippen LogP contribution in [0, 0.1) is 0 Å². The molecule has 0 spiro atoms. The van der Waals surface area contributed by atoms with Gasteiger partial charge in [0, 0.05) is 6.07 Å². The molecule has 0 aromatic heterocycles. The van der Waals surface area contributed by atoms with Crippen LogP contribution in [0.5, 0.6) is 17.2 Å². The summed E-state index contributed by atoms with van der Waals surface area (Å²) in [7, 11) is -0.898. The van der Waals surface area contributed by atoms with Crippen LogP contribution in [0.1, 0.15) is 25.3 Å². The molecule has 1 N–H and O–H groups in total. The highest BCUT2D eigenvalue weighted by molar-refractivity contribution is 7.89. The number of nitrogens with one attached hydrogen (secondary N) is 1. The molecule has 0 unspecified atom stereocenters. The van der Waals surface area contributed by atoms with E-state index in [4.69, 9.17) is 14.2 Å². The SMILES string of the molecule is CCCCOc1ccc(/C=N/NS(=O)(=O)c2ccc(OC)c(OC)c2)cc1. The maximum atomic E-state index is 12.3. The van der Waals surface area contributed by atoms with Crippen molar-refractivity contribution in [2.45, 2.75) is 24.7 Å². The topological polar surface area (TPSA) is 86.2 Å². The lowest BCUT2D eigenvalue weighted by Gasteiger charge is -2.09. The van der Waals surface area contributed by atoms with Crippen LogP contribution in [0.25, 0.3) is 0 Å². The molecule has 0 bridgehead atoms. The number of nitrogens with zero attached hydrogens (tertiary/aromatic N) is 1. The highest BCUT2D eigenvalue weighted by atomic mass is 32.2. The summed E-state index contributed by atoms with van der Waals surface area (Å²) >= 11 is 0. The van der Waals surface area contributed by atoms with Crippen LogP contribution in [0.2, 0.25) is 0 Å². The molecule has 0 atom stereocenters. The minimum atomic E-state index is -3.82. The number of unbranched alkanes of at least 4 members (excludes halogenated alkanes) is 1. The summed E-state index contributed by atoms with van der Waals surface area (Å²) in [5, 5.41) is 3.82. The zero-order valence-electron chi connectivity index (χ0n) is 15.6. The number of hydrogen-bond donors (Lipinski definition) is 1. The fourth-order valence-corrected chi connectivity index (χ4v) is 3.00. The van der Waals surface area contributed by atoms with Crippen molar-refractivity contribution < 1.29 is 22.6 Å². The van der Waals surface area contributed by atoms with Gasteiger partial charge in [-0.2, -0.15) is 13.5 Å². The minimum absolute atomic E-state index is 0.0250. The maximum Gasteiger partial charge on any atom is 0.276 e. The van der Waals surface area contributed by atoms with Gasteiger partial charge in [-0.15, -0.1) is 0 Å². The first kappa shape index (κ1) is 20.6. The van der Waals surface area contributed by atoms with Crippen LogP contribution in [0.4, 0.5) is 0 Å². The molecule has 0 heterocycles. The molecule has 2 rings (SSSR count). The fourth-order valence-electron chi connectivity index (χ4n) is 2.19. The van der Waals surface area contributed by atoms with Gasteiger partial charge in [-0.3, -0.25) is 0 Å². The molecule has 0 amide bonds. The summed E-state index contributed by atoms with van der Waals surface area (Å²) in [5.74, 6) is 1.54. The monoisotopic (exact) mass is 392 g/mol. The lowest BCUT2D eigenvalue weighted by Crippen LogP contribution is -2.18. The average Bonchev–Trinajstić information content (AvgIpc) is 2.68. The third kappa shape index (κ3) is 5.89. The number of benzene rings is 2. The van der Waals surface area contributed by atoms with E-state index in [1.807, 2.05) is 12.1 Å². The number of hydrogen-bond acceptors (Lipinski definition) is 6. The van der Waals surface area contributed by atoms with Crippen molar-refractivity contribution in [3.05, 3.63) is 48.0 Å². The minimum Gasteiger partial charge on any atom is -0.494 e. The Hall–Kier alpha value is -2.74. The van der Waals surface area contributed by atoms with E-state index < -0.39 is 10.0 Å². The highest BCUT2D eigenvalue weighted by Gasteiger charge is 2.16. The van der Waals surface area contributed by atoms with Gasteiger partial charge >= 0.3 is 0 Å². The van der Waals surface area contributed by atoms with Gasteiger partial charge in [0.2, 0.25) is 0 Å². The van der Waals surface area contributed by atoms with Gasteiger partial charge in [0.05, 0.1) is 31.9 Å². The van der Waals surface area contributed by atoms with Gasteiger partial charge in [0.25, 0.3) is 10.0 Å². The van der Waals surface area contributed by atoms with E-state index in [1.54, 1.807) is 12.1 Å². The number of hydrazone groups is 1. The first-order valence-electron chi connectivity index (χ1n) is 8.50. The molecule has 146 valence electrons. The Morgan fingerprint density at radius 2 is 1.74 bits per heavy atom. The third-order valence-electron chi connectivity index (χ3n) is 3.70. The zero-order chi connectivity index (χ0) is 19.7. The van der Waals surface area contributed by atoms with Crippen molar-refractivity contribution in [3.8, 4) is 17.2 Å². The number of methoxy groups -OCH3 is 2. The van der Waals surface area contributed by atoms with E-state index in [0.29, 0.717) is 18.1 Å². The van der Waals surface area contributed by atoms with E-state index in [1.165, 1.54) is 38.6 Å². The fraction of sp³-hybridized carbons (Fsp3) is 0.316. The summed E-state index contributed by atoms with van der Waals surface area (Å²) in [4.78, 5) is 2.21. The summed E-state index contributed by atoms with van der Waals surface area (Å²) < 4.78 is 40.5. The predicted octanol–water partition coefficient (Wildman–Crippen LogP) is 3.20. The van der Waals surface area contributed by atoms with Gasteiger partial charge < -0.3 is 14.2 Å². The summed E-state index contributed by atoms with van der Waals surface area (Å²) in [5.41, 5.74) is 0.743. The normalized spacial score (nSPS) is 11.4. The van der Waals surface area contributed by atoms with Crippen LogP contribution in [0.3, 0.4) is 0 Å². The molecule has 27 heavy (non-hydrogen) atoms. The van der Waals surface area contributed by atoms with Gasteiger partial charge in [-0.05, 0) is 48.4 Å². The molecule has 0 saturated heterocycles. The van der Waals surface area contributed by atoms with E-state index in [0.717, 1.165) is 24.2 Å². The van der Waals surface area contributed by atoms with Crippen molar-refractivity contribution in [1.29, 1.82) is 0 Å². The van der Waals surface area contributed by atoms with Crippen molar-refractivity contribution in [1.82, 2.24) is 4.83 Å². The zero-order valence-corrected chi connectivity index (χ0v) is 16.5. The van der Waals surface area contributed by atoms with Crippen molar-refractivity contribution >= 4 is 16.2 Å². The Morgan fingerprint density at radius 1 is 1.04 bits per heavy atom. The molecule has 8 heteroatoms. The predicted molar refractivity (Wildman–Crippen MR) is 104 cm³/mol. The second-order valence-corrected chi connectivity index (χ2v) is 7.30. The number of sulfonamides is 1. The molecule has 2 aromatic rings. The molecule has 2 aromatic carbocycles. The van der Waals surface area contributed by atoms with Crippen LogP contribution >= 0.6 is 0 Å². The van der Waals surface area contributed by atoms with Crippen LogP contribution in [-0.4, -0.2) is 35.5 Å². The second kappa shape index (κ2) is 9.82. The first-order chi connectivity index (χ1) is 13.0. The van der Waals surface area contributed by atoms with Crippen LogP contribution in [0.15, 0.2) is 52.5 Å². The van der Waals surface area contributed by atoms with E-state index in [-0.39, 0.29) is 4.90 Å². The van der Waals surface area contributed by atoms with Gasteiger partial charge in [0.1, 0.15) is 5.75 Å².